The van der Waals surface area contributed by atoms with Gasteiger partial charge in [0.1, 0.15) is 5.82 Å². The van der Waals surface area contributed by atoms with Crippen LogP contribution in [0.4, 0.5) is 0 Å². The van der Waals surface area contributed by atoms with Crippen LogP contribution in [0.25, 0.3) is 5.82 Å². The summed E-state index contributed by atoms with van der Waals surface area (Å²) in [7, 11) is 0. The number of nitrogens with two attached hydrogens (primary N) is 1. The topological polar surface area (TPSA) is 43.8 Å². The molecule has 0 amide bonds. The fourth-order valence-corrected chi connectivity index (χ4v) is 1.93. The van der Waals surface area contributed by atoms with Crippen molar-refractivity contribution in [1.82, 2.24) is 9.55 Å². The van der Waals surface area contributed by atoms with Crippen LogP contribution < -0.4 is 5.73 Å². The van der Waals surface area contributed by atoms with Crippen LogP contribution in [-0.2, 0) is 6.42 Å². The molecule has 18 heavy (non-hydrogen) atoms. The number of aromatic nitrogens is 2. The number of aryl methyl sites for hydroxylation is 1. The molecule has 0 fully saturated rings. The molecule has 98 valence electrons. The first-order valence-corrected chi connectivity index (χ1v) is 6.06. The van der Waals surface area contributed by atoms with Crippen LogP contribution in [0.15, 0.2) is 36.7 Å². The molecule has 2 aromatic heterocycles. The lowest BCUT2D eigenvalue weighted by Gasteiger charge is -2.13. The first-order valence-electron chi connectivity index (χ1n) is 6.06. The van der Waals surface area contributed by atoms with Crippen LogP contribution in [0.5, 0.6) is 0 Å². The Kier molecular flexibility index (Phi) is 5.38. The highest BCUT2D eigenvalue weighted by molar-refractivity contribution is 5.85. The van der Waals surface area contributed by atoms with Crippen molar-refractivity contribution in [2.45, 2.75) is 32.7 Å². The molecule has 1 atom stereocenters. The number of pyridine rings is 1. The van der Waals surface area contributed by atoms with Crippen LogP contribution in [0.2, 0.25) is 0 Å². The Morgan fingerprint density at radius 3 is 2.78 bits per heavy atom. The molecule has 0 aromatic carbocycles. The van der Waals surface area contributed by atoms with E-state index < -0.39 is 0 Å². The van der Waals surface area contributed by atoms with E-state index in [0.717, 1.165) is 18.7 Å². The first kappa shape index (κ1) is 14.7. The minimum Gasteiger partial charge on any atom is -0.327 e. The van der Waals surface area contributed by atoms with E-state index in [4.69, 9.17) is 5.73 Å². The summed E-state index contributed by atoms with van der Waals surface area (Å²) >= 11 is 0. The second-order valence-electron chi connectivity index (χ2n) is 4.39. The van der Waals surface area contributed by atoms with Crippen molar-refractivity contribution in [2.24, 2.45) is 5.73 Å². The lowest BCUT2D eigenvalue weighted by atomic mass is 10.1. The van der Waals surface area contributed by atoms with Crippen molar-refractivity contribution in [3.05, 3.63) is 47.9 Å². The summed E-state index contributed by atoms with van der Waals surface area (Å²) < 4.78 is 2.13. The second kappa shape index (κ2) is 6.57. The third-order valence-electron chi connectivity index (χ3n) is 3.04. The molecule has 1 unspecified atom stereocenters. The maximum absolute atomic E-state index is 6.02. The van der Waals surface area contributed by atoms with Crippen LogP contribution >= 0.6 is 12.4 Å². The predicted molar refractivity (Wildman–Crippen MR) is 77.5 cm³/mol. The Hall–Kier alpha value is -1.32. The molecule has 2 rings (SSSR count). The Bertz CT molecular complexity index is 493. The van der Waals surface area contributed by atoms with Gasteiger partial charge in [0, 0.05) is 30.6 Å². The molecule has 0 aliphatic rings. The average molecular weight is 266 g/mol. The van der Waals surface area contributed by atoms with Gasteiger partial charge in [0.2, 0.25) is 0 Å². The van der Waals surface area contributed by atoms with Gasteiger partial charge in [-0.1, -0.05) is 13.0 Å². The number of rotatable bonds is 4. The summed E-state index contributed by atoms with van der Waals surface area (Å²) in [4.78, 5) is 4.44. The molecule has 3 nitrogen and oxygen atoms in total. The van der Waals surface area contributed by atoms with Gasteiger partial charge >= 0.3 is 0 Å². The average Bonchev–Trinajstić information content (AvgIpc) is 2.77. The zero-order valence-electron chi connectivity index (χ0n) is 10.8. The van der Waals surface area contributed by atoms with Gasteiger partial charge in [0.25, 0.3) is 0 Å². The summed E-state index contributed by atoms with van der Waals surface area (Å²) in [5.74, 6) is 0.996. The number of nitrogens with zero attached hydrogens (tertiary/aromatic N) is 2. The Labute approximate surface area is 114 Å². The summed E-state index contributed by atoms with van der Waals surface area (Å²) in [5, 5.41) is 0. The number of hydrogen-bond donors (Lipinski definition) is 1. The minimum atomic E-state index is 0. The second-order valence-corrected chi connectivity index (χ2v) is 4.39. The molecule has 0 aliphatic heterocycles. The molecule has 0 spiro atoms. The van der Waals surface area contributed by atoms with Gasteiger partial charge in [0.15, 0.2) is 0 Å². The van der Waals surface area contributed by atoms with Crippen molar-refractivity contribution in [3.63, 3.8) is 0 Å². The maximum Gasteiger partial charge on any atom is 0.139 e. The van der Waals surface area contributed by atoms with Crippen LogP contribution in [0.1, 0.15) is 24.6 Å². The highest BCUT2D eigenvalue weighted by Crippen LogP contribution is 2.15. The standard InChI is InChI=1S/C14H19N3.ClH/c1-3-12(15)10-13-7-5-9-17(13)14-11(2)6-4-8-16-14;/h4-9,12H,3,10,15H2,1-2H3;1H. The fraction of sp³-hybridized carbons (Fsp3) is 0.357. The van der Waals surface area contributed by atoms with Crippen molar-refractivity contribution in [3.8, 4) is 5.82 Å². The lowest BCUT2D eigenvalue weighted by Crippen LogP contribution is -2.23. The van der Waals surface area contributed by atoms with Gasteiger partial charge in [-0.3, -0.25) is 0 Å². The third-order valence-corrected chi connectivity index (χ3v) is 3.04. The highest BCUT2D eigenvalue weighted by atomic mass is 35.5. The van der Waals surface area contributed by atoms with Gasteiger partial charge in [-0.2, -0.15) is 0 Å². The van der Waals surface area contributed by atoms with E-state index in [2.05, 4.69) is 35.5 Å². The highest BCUT2D eigenvalue weighted by Gasteiger charge is 2.09. The van der Waals surface area contributed by atoms with Gasteiger partial charge in [-0.25, -0.2) is 4.98 Å². The summed E-state index contributed by atoms with van der Waals surface area (Å²) in [6, 6.07) is 8.41. The SMILES string of the molecule is CCC(N)Cc1cccn1-c1ncccc1C.Cl. The Morgan fingerprint density at radius 1 is 1.33 bits per heavy atom. The number of halogens is 1. The zero-order chi connectivity index (χ0) is 12.3. The monoisotopic (exact) mass is 265 g/mol. The molecule has 4 heteroatoms. The first-order chi connectivity index (χ1) is 8.22. The Morgan fingerprint density at radius 2 is 2.11 bits per heavy atom. The quantitative estimate of drug-likeness (QED) is 0.924. The maximum atomic E-state index is 6.02. The van der Waals surface area contributed by atoms with E-state index in [-0.39, 0.29) is 18.4 Å². The van der Waals surface area contributed by atoms with E-state index in [1.807, 2.05) is 24.5 Å². The molecular formula is C14H20ClN3. The van der Waals surface area contributed by atoms with Crippen molar-refractivity contribution >= 4 is 12.4 Å². The molecule has 0 saturated carbocycles. The molecule has 0 bridgehead atoms. The molecule has 2 aromatic rings. The summed E-state index contributed by atoms with van der Waals surface area (Å²) in [5.41, 5.74) is 8.41. The zero-order valence-corrected chi connectivity index (χ0v) is 11.7. The van der Waals surface area contributed by atoms with Crippen LogP contribution in [-0.4, -0.2) is 15.6 Å². The van der Waals surface area contributed by atoms with Crippen molar-refractivity contribution in [1.29, 1.82) is 0 Å². The summed E-state index contributed by atoms with van der Waals surface area (Å²) in [6.45, 7) is 4.19. The summed E-state index contributed by atoms with van der Waals surface area (Å²) in [6.07, 6.45) is 5.75. The normalized spacial score (nSPS) is 11.9. The van der Waals surface area contributed by atoms with E-state index in [1.165, 1.54) is 11.3 Å². The Balaban J connectivity index is 0.00000162. The van der Waals surface area contributed by atoms with Crippen molar-refractivity contribution in [2.75, 3.05) is 0 Å². The van der Waals surface area contributed by atoms with E-state index in [1.54, 1.807) is 0 Å². The van der Waals surface area contributed by atoms with Crippen molar-refractivity contribution < 1.29 is 0 Å². The van der Waals surface area contributed by atoms with Crippen LogP contribution in [0, 0.1) is 6.92 Å². The molecule has 2 heterocycles. The minimum absolute atomic E-state index is 0. The molecule has 2 N–H and O–H groups in total. The predicted octanol–water partition coefficient (Wildman–Crippen LogP) is 2.88. The van der Waals surface area contributed by atoms with Gasteiger partial charge in [0.05, 0.1) is 0 Å². The van der Waals surface area contributed by atoms with Gasteiger partial charge < -0.3 is 10.3 Å². The molecule has 0 radical (unpaired) electrons. The van der Waals surface area contributed by atoms with E-state index >= 15 is 0 Å². The van der Waals surface area contributed by atoms with Gasteiger partial charge in [-0.15, -0.1) is 12.4 Å². The molecular weight excluding hydrogens is 246 g/mol. The largest absolute Gasteiger partial charge is 0.327 e. The van der Waals surface area contributed by atoms with Gasteiger partial charge in [-0.05, 0) is 37.1 Å². The van der Waals surface area contributed by atoms with Crippen LogP contribution in [0.3, 0.4) is 0 Å². The fourth-order valence-electron chi connectivity index (χ4n) is 1.93. The smallest absolute Gasteiger partial charge is 0.139 e. The molecule has 0 saturated heterocycles. The van der Waals surface area contributed by atoms with E-state index in [9.17, 15) is 0 Å². The van der Waals surface area contributed by atoms with E-state index in [0.29, 0.717) is 0 Å². The lowest BCUT2D eigenvalue weighted by molar-refractivity contribution is 0.628. The molecule has 0 aliphatic carbocycles. The number of hydrogen-bond acceptors (Lipinski definition) is 2. The third kappa shape index (κ3) is 3.12.